The predicted molar refractivity (Wildman–Crippen MR) is 73.4 cm³/mol. The lowest BCUT2D eigenvalue weighted by atomic mass is 10.0. The van der Waals surface area contributed by atoms with E-state index >= 15 is 0 Å². The van der Waals surface area contributed by atoms with Crippen molar-refractivity contribution in [2.45, 2.75) is 46.5 Å². The molecule has 1 heterocycles. The Hall–Kier alpha value is -1.36. The second kappa shape index (κ2) is 7.87. The number of hydrogen-bond acceptors (Lipinski definition) is 5. The Kier molecular flexibility index (Phi) is 6.43. The normalized spacial score (nSPS) is 12.2. The highest BCUT2D eigenvalue weighted by Crippen LogP contribution is 2.18. The molecule has 0 aliphatic heterocycles. The summed E-state index contributed by atoms with van der Waals surface area (Å²) in [5.41, 5.74) is 3.36. The molecule has 1 aromatic heterocycles. The van der Waals surface area contributed by atoms with Gasteiger partial charge in [0.05, 0.1) is 6.61 Å². The van der Waals surface area contributed by atoms with Gasteiger partial charge in [-0.1, -0.05) is 33.1 Å². The molecule has 1 unspecified atom stereocenters. The van der Waals surface area contributed by atoms with Crippen LogP contribution < -0.4 is 16.0 Å². The van der Waals surface area contributed by atoms with Gasteiger partial charge in [-0.3, -0.25) is 5.43 Å². The zero-order valence-corrected chi connectivity index (χ0v) is 11.6. The van der Waals surface area contributed by atoms with Gasteiger partial charge in [0, 0.05) is 11.8 Å². The molecule has 5 nitrogen and oxygen atoms in total. The number of rotatable bonds is 8. The van der Waals surface area contributed by atoms with Gasteiger partial charge in [0.25, 0.3) is 0 Å². The highest BCUT2D eigenvalue weighted by molar-refractivity contribution is 5.31. The van der Waals surface area contributed by atoms with E-state index in [1.165, 1.54) is 19.3 Å². The third-order valence-corrected chi connectivity index (χ3v) is 3.05. The van der Waals surface area contributed by atoms with Crippen LogP contribution in [0.25, 0.3) is 0 Å². The van der Waals surface area contributed by atoms with Gasteiger partial charge in [0.15, 0.2) is 0 Å². The third kappa shape index (κ3) is 4.49. The second-order valence-electron chi connectivity index (χ2n) is 4.55. The number of aryl methyl sites for hydroxylation is 1. The average Bonchev–Trinajstić information content (AvgIpc) is 2.40. The van der Waals surface area contributed by atoms with E-state index in [0.29, 0.717) is 24.4 Å². The highest BCUT2D eigenvalue weighted by Gasteiger charge is 2.09. The van der Waals surface area contributed by atoms with Gasteiger partial charge in [-0.05, 0) is 19.3 Å². The lowest BCUT2D eigenvalue weighted by Gasteiger charge is -2.16. The van der Waals surface area contributed by atoms with Gasteiger partial charge in [-0.15, -0.1) is 0 Å². The molecule has 1 aromatic rings. The van der Waals surface area contributed by atoms with Crippen molar-refractivity contribution in [2.75, 3.05) is 12.0 Å². The molecule has 0 spiro atoms. The maximum Gasteiger partial charge on any atom is 0.240 e. The highest BCUT2D eigenvalue weighted by atomic mass is 16.5. The fourth-order valence-corrected chi connectivity index (χ4v) is 1.74. The van der Waals surface area contributed by atoms with Crippen LogP contribution in [0.4, 0.5) is 5.95 Å². The average molecular weight is 252 g/mol. The zero-order valence-electron chi connectivity index (χ0n) is 11.6. The van der Waals surface area contributed by atoms with E-state index in [0.717, 1.165) is 12.0 Å². The molecule has 0 amide bonds. The minimum atomic E-state index is 0.386. The van der Waals surface area contributed by atoms with Crippen LogP contribution in [0.3, 0.4) is 0 Å². The summed E-state index contributed by atoms with van der Waals surface area (Å²) in [5, 5.41) is 0. The number of nitrogens with zero attached hydrogens (tertiary/aromatic N) is 2. The molecule has 102 valence electrons. The first-order chi connectivity index (χ1) is 8.71. The number of ether oxygens (including phenoxy) is 1. The van der Waals surface area contributed by atoms with Crippen LogP contribution in [0.2, 0.25) is 0 Å². The van der Waals surface area contributed by atoms with Crippen LogP contribution in [0.1, 0.15) is 45.1 Å². The summed E-state index contributed by atoms with van der Waals surface area (Å²) >= 11 is 0. The van der Waals surface area contributed by atoms with E-state index in [4.69, 9.17) is 10.6 Å². The zero-order chi connectivity index (χ0) is 13.4. The van der Waals surface area contributed by atoms with Crippen LogP contribution in [-0.2, 0) is 0 Å². The summed E-state index contributed by atoms with van der Waals surface area (Å²) in [7, 11) is 0. The number of nitrogen functional groups attached to an aromatic ring is 1. The molecule has 1 rings (SSSR count). The van der Waals surface area contributed by atoms with Crippen LogP contribution >= 0.6 is 0 Å². The number of anilines is 1. The smallest absolute Gasteiger partial charge is 0.240 e. The van der Waals surface area contributed by atoms with E-state index in [2.05, 4.69) is 29.2 Å². The monoisotopic (exact) mass is 252 g/mol. The molecule has 0 saturated carbocycles. The van der Waals surface area contributed by atoms with Crippen LogP contribution in [0, 0.1) is 12.8 Å². The van der Waals surface area contributed by atoms with Gasteiger partial charge >= 0.3 is 0 Å². The summed E-state index contributed by atoms with van der Waals surface area (Å²) in [6.07, 6.45) is 6.53. The minimum Gasteiger partial charge on any atom is -0.477 e. The van der Waals surface area contributed by atoms with Gasteiger partial charge in [0.2, 0.25) is 11.8 Å². The van der Waals surface area contributed by atoms with Crippen LogP contribution in [0.5, 0.6) is 5.88 Å². The molecule has 0 aliphatic carbocycles. The first-order valence-electron chi connectivity index (χ1n) is 6.64. The Bertz CT molecular complexity index is 357. The predicted octanol–water partition coefficient (Wildman–Crippen LogP) is 2.67. The number of nitrogens with one attached hydrogen (secondary N) is 1. The first-order valence-corrected chi connectivity index (χ1v) is 6.64. The van der Waals surface area contributed by atoms with Crippen molar-refractivity contribution < 1.29 is 4.74 Å². The second-order valence-corrected chi connectivity index (χ2v) is 4.55. The standard InChI is InChI=1S/C13H24N4O/c1-4-6-7-11(5-2)9-18-12-10(3)8-15-13(16-12)17-14/h8,11H,4-7,9,14H2,1-3H3,(H,15,16,17). The molecular weight excluding hydrogens is 228 g/mol. The first kappa shape index (κ1) is 14.7. The lowest BCUT2D eigenvalue weighted by molar-refractivity contribution is 0.224. The van der Waals surface area contributed by atoms with Gasteiger partial charge in [-0.25, -0.2) is 10.8 Å². The molecule has 5 heteroatoms. The van der Waals surface area contributed by atoms with Crippen LogP contribution in [-0.4, -0.2) is 16.6 Å². The molecule has 0 saturated heterocycles. The molecule has 1 atom stereocenters. The van der Waals surface area contributed by atoms with Crippen molar-refractivity contribution in [2.24, 2.45) is 11.8 Å². The number of aromatic nitrogens is 2. The van der Waals surface area contributed by atoms with Crippen molar-refractivity contribution in [3.05, 3.63) is 11.8 Å². The molecule has 18 heavy (non-hydrogen) atoms. The Morgan fingerprint density at radius 2 is 2.22 bits per heavy atom. The molecular formula is C13H24N4O. The molecule has 3 N–H and O–H groups in total. The van der Waals surface area contributed by atoms with Gasteiger partial charge < -0.3 is 4.74 Å². The summed E-state index contributed by atoms with van der Waals surface area (Å²) < 4.78 is 5.78. The number of nitrogens with two attached hydrogens (primary N) is 1. The Morgan fingerprint density at radius 3 is 2.83 bits per heavy atom. The van der Waals surface area contributed by atoms with Crippen molar-refractivity contribution in [3.63, 3.8) is 0 Å². The van der Waals surface area contributed by atoms with Gasteiger partial charge in [-0.2, -0.15) is 4.98 Å². The quantitative estimate of drug-likeness (QED) is 0.549. The summed E-state index contributed by atoms with van der Waals surface area (Å²) in [6, 6.07) is 0. The molecule has 0 radical (unpaired) electrons. The fraction of sp³-hybridized carbons (Fsp3) is 0.692. The number of unbranched alkanes of at least 4 members (excludes halogenated alkanes) is 1. The Morgan fingerprint density at radius 1 is 1.44 bits per heavy atom. The number of hydrazine groups is 1. The molecule has 0 aromatic carbocycles. The van der Waals surface area contributed by atoms with Crippen molar-refractivity contribution in [3.8, 4) is 5.88 Å². The van der Waals surface area contributed by atoms with E-state index in [1.54, 1.807) is 6.20 Å². The summed E-state index contributed by atoms with van der Waals surface area (Å²) in [5.74, 6) is 6.88. The number of hydrogen-bond donors (Lipinski definition) is 2. The van der Waals surface area contributed by atoms with Crippen molar-refractivity contribution in [1.82, 2.24) is 9.97 Å². The third-order valence-electron chi connectivity index (χ3n) is 3.05. The van der Waals surface area contributed by atoms with Gasteiger partial charge in [0.1, 0.15) is 0 Å². The minimum absolute atomic E-state index is 0.386. The maximum atomic E-state index is 5.78. The molecule has 0 fully saturated rings. The molecule has 0 bridgehead atoms. The fourth-order valence-electron chi connectivity index (χ4n) is 1.74. The van der Waals surface area contributed by atoms with E-state index < -0.39 is 0 Å². The van der Waals surface area contributed by atoms with E-state index in [9.17, 15) is 0 Å². The largest absolute Gasteiger partial charge is 0.477 e. The Balaban J connectivity index is 2.55. The molecule has 0 aliphatic rings. The topological polar surface area (TPSA) is 73.1 Å². The van der Waals surface area contributed by atoms with E-state index in [1.807, 2.05) is 6.92 Å². The summed E-state index contributed by atoms with van der Waals surface area (Å²) in [6.45, 7) is 7.05. The Labute approximate surface area is 109 Å². The lowest BCUT2D eigenvalue weighted by Crippen LogP contribution is -2.15. The van der Waals surface area contributed by atoms with Crippen molar-refractivity contribution in [1.29, 1.82) is 0 Å². The van der Waals surface area contributed by atoms with Crippen molar-refractivity contribution >= 4 is 5.95 Å². The maximum absolute atomic E-state index is 5.78. The SMILES string of the molecule is CCCCC(CC)COc1nc(NN)ncc1C. The van der Waals surface area contributed by atoms with Crippen LogP contribution in [0.15, 0.2) is 6.20 Å². The van der Waals surface area contributed by atoms with E-state index in [-0.39, 0.29) is 0 Å². The summed E-state index contributed by atoms with van der Waals surface area (Å²) in [4.78, 5) is 8.23.